The fourth-order valence-corrected chi connectivity index (χ4v) is 3.26. The maximum Gasteiger partial charge on any atom is 0.398 e. The van der Waals surface area contributed by atoms with E-state index in [0.29, 0.717) is 11.1 Å². The lowest BCUT2D eigenvalue weighted by Gasteiger charge is -2.35. The van der Waals surface area contributed by atoms with Gasteiger partial charge in [0.15, 0.2) is 0 Å². The van der Waals surface area contributed by atoms with Gasteiger partial charge in [0, 0.05) is 0 Å². The van der Waals surface area contributed by atoms with Gasteiger partial charge in [-0.25, -0.2) is 0 Å². The molecule has 146 valence electrons. The Morgan fingerprint density at radius 1 is 1.04 bits per heavy atom. The number of hydrogen-bond acceptors (Lipinski definition) is 2. The van der Waals surface area contributed by atoms with Crippen LogP contribution in [0, 0.1) is 5.41 Å². The molecule has 0 bridgehead atoms. The Labute approximate surface area is 160 Å². The molecule has 0 radical (unpaired) electrons. The molecule has 1 aliphatic rings. The molecule has 0 fully saturated rings. The Bertz CT molecular complexity index is 886. The smallest absolute Gasteiger partial charge is 0.398 e. The molecular weight excluding hydrogens is 369 g/mol. The molecule has 3 nitrogen and oxygen atoms in total. The number of carbonyl (C=O) groups is 1. The average molecular weight is 388 g/mol. The number of carboxylic acid groups (broad SMARTS) is 1. The van der Waals surface area contributed by atoms with Crippen LogP contribution in [-0.2, 0) is 16.1 Å². The molecule has 28 heavy (non-hydrogen) atoms. The molecule has 0 aliphatic heterocycles. The number of allylic oxidation sites excluding steroid dienone is 3. The van der Waals surface area contributed by atoms with Crippen LogP contribution in [0.4, 0.5) is 13.2 Å². The summed E-state index contributed by atoms with van der Waals surface area (Å²) in [5.41, 5.74) is -0.718. The lowest BCUT2D eigenvalue weighted by Crippen LogP contribution is -2.40. The van der Waals surface area contributed by atoms with Crippen LogP contribution >= 0.6 is 0 Å². The van der Waals surface area contributed by atoms with Crippen LogP contribution in [0.2, 0.25) is 0 Å². The number of aliphatic carboxylic acids is 1. The standard InChI is InChI=1S/C22H19F3O3/c23-22(24,25)21(14-20(26)27)12-18(17-9-5-2-6-10-17)11-19(13-21)28-15-16-7-3-1-4-8-16/h1-11,13H,12,14-15H2,(H,26,27). The minimum atomic E-state index is -4.74. The fraction of sp³-hybridized carbons (Fsp3) is 0.227. The summed E-state index contributed by atoms with van der Waals surface area (Å²) in [7, 11) is 0. The average Bonchev–Trinajstić information content (AvgIpc) is 2.66. The summed E-state index contributed by atoms with van der Waals surface area (Å²) < 4.78 is 47.6. The summed E-state index contributed by atoms with van der Waals surface area (Å²) in [6, 6.07) is 17.7. The van der Waals surface area contributed by atoms with Gasteiger partial charge in [-0.2, -0.15) is 13.2 Å². The van der Waals surface area contributed by atoms with Crippen molar-refractivity contribution in [3.63, 3.8) is 0 Å². The molecule has 2 aromatic rings. The first-order valence-corrected chi connectivity index (χ1v) is 8.73. The Morgan fingerprint density at radius 2 is 1.64 bits per heavy atom. The van der Waals surface area contributed by atoms with Crippen LogP contribution in [0.1, 0.15) is 24.0 Å². The third-order valence-electron chi connectivity index (χ3n) is 4.67. The Balaban J connectivity index is 1.99. The Morgan fingerprint density at radius 3 is 2.21 bits per heavy atom. The van der Waals surface area contributed by atoms with E-state index in [1.165, 1.54) is 0 Å². The van der Waals surface area contributed by atoms with Crippen molar-refractivity contribution in [3.8, 4) is 0 Å². The monoisotopic (exact) mass is 388 g/mol. The van der Waals surface area contributed by atoms with E-state index in [4.69, 9.17) is 9.84 Å². The van der Waals surface area contributed by atoms with E-state index in [0.717, 1.165) is 11.6 Å². The topological polar surface area (TPSA) is 46.5 Å². The van der Waals surface area contributed by atoms with Crippen molar-refractivity contribution in [3.05, 3.63) is 89.7 Å². The molecular formula is C22H19F3O3. The van der Waals surface area contributed by atoms with Crippen molar-refractivity contribution >= 4 is 11.5 Å². The maximum absolute atomic E-state index is 14.0. The number of halogens is 3. The normalized spacial score (nSPS) is 19.5. The number of rotatable bonds is 6. The lowest BCUT2D eigenvalue weighted by atomic mass is 9.73. The first-order chi connectivity index (χ1) is 13.3. The van der Waals surface area contributed by atoms with Crippen molar-refractivity contribution < 1.29 is 27.8 Å². The van der Waals surface area contributed by atoms with Crippen molar-refractivity contribution in [2.24, 2.45) is 5.41 Å². The molecule has 0 saturated carbocycles. The van der Waals surface area contributed by atoms with Gasteiger partial charge in [0.1, 0.15) is 17.8 Å². The van der Waals surface area contributed by atoms with E-state index in [2.05, 4.69) is 0 Å². The maximum atomic E-state index is 14.0. The summed E-state index contributed by atoms with van der Waals surface area (Å²) >= 11 is 0. The van der Waals surface area contributed by atoms with Crippen LogP contribution in [0.3, 0.4) is 0 Å². The zero-order valence-corrected chi connectivity index (χ0v) is 14.9. The van der Waals surface area contributed by atoms with E-state index in [-0.39, 0.29) is 12.4 Å². The number of alkyl halides is 3. The molecule has 0 aromatic heterocycles. The van der Waals surface area contributed by atoms with Gasteiger partial charge < -0.3 is 9.84 Å². The van der Waals surface area contributed by atoms with Crippen molar-refractivity contribution in [2.75, 3.05) is 0 Å². The zero-order valence-electron chi connectivity index (χ0n) is 14.9. The Kier molecular flexibility index (Phi) is 5.58. The molecule has 3 rings (SSSR count). The highest BCUT2D eigenvalue weighted by molar-refractivity contribution is 5.74. The number of hydrogen-bond donors (Lipinski definition) is 1. The van der Waals surface area contributed by atoms with E-state index < -0.39 is 30.4 Å². The second-order valence-electron chi connectivity index (χ2n) is 6.76. The van der Waals surface area contributed by atoms with Gasteiger partial charge in [0.05, 0.1) is 6.42 Å². The number of benzene rings is 2. The van der Waals surface area contributed by atoms with Crippen molar-refractivity contribution in [1.29, 1.82) is 0 Å². The predicted octanol–water partition coefficient (Wildman–Crippen LogP) is 5.60. The van der Waals surface area contributed by atoms with Gasteiger partial charge in [-0.1, -0.05) is 60.7 Å². The fourth-order valence-electron chi connectivity index (χ4n) is 3.26. The molecule has 0 spiro atoms. The van der Waals surface area contributed by atoms with Crippen LogP contribution in [0.5, 0.6) is 0 Å². The second kappa shape index (κ2) is 7.92. The molecule has 0 heterocycles. The van der Waals surface area contributed by atoms with Crippen LogP contribution in [-0.4, -0.2) is 17.3 Å². The summed E-state index contributed by atoms with van der Waals surface area (Å²) in [5, 5.41) is 9.16. The van der Waals surface area contributed by atoms with Gasteiger partial charge in [-0.15, -0.1) is 0 Å². The van der Waals surface area contributed by atoms with Crippen LogP contribution < -0.4 is 0 Å². The van der Waals surface area contributed by atoms with E-state index in [9.17, 15) is 18.0 Å². The molecule has 1 N–H and O–H groups in total. The van der Waals surface area contributed by atoms with Gasteiger partial charge in [0.25, 0.3) is 0 Å². The lowest BCUT2D eigenvalue weighted by molar-refractivity contribution is -0.211. The highest BCUT2D eigenvalue weighted by Gasteiger charge is 2.56. The highest BCUT2D eigenvalue weighted by atomic mass is 19.4. The van der Waals surface area contributed by atoms with Crippen molar-refractivity contribution in [1.82, 2.24) is 0 Å². The largest absolute Gasteiger partial charge is 0.489 e. The number of ether oxygens (including phenoxy) is 1. The van der Waals surface area contributed by atoms with Crippen molar-refractivity contribution in [2.45, 2.75) is 25.6 Å². The van der Waals surface area contributed by atoms with E-state index in [1.807, 2.05) is 18.2 Å². The van der Waals surface area contributed by atoms with Gasteiger partial charge >= 0.3 is 12.1 Å². The molecule has 0 amide bonds. The second-order valence-corrected chi connectivity index (χ2v) is 6.76. The molecule has 6 heteroatoms. The third-order valence-corrected chi connectivity index (χ3v) is 4.67. The van der Waals surface area contributed by atoms with Crippen LogP contribution in [0.15, 0.2) is 78.6 Å². The van der Waals surface area contributed by atoms with Gasteiger partial charge in [-0.3, -0.25) is 4.79 Å². The summed E-state index contributed by atoms with van der Waals surface area (Å²) in [6.07, 6.45) is -3.77. The van der Waals surface area contributed by atoms with E-state index in [1.54, 1.807) is 48.5 Å². The van der Waals surface area contributed by atoms with Gasteiger partial charge in [0.2, 0.25) is 0 Å². The van der Waals surface area contributed by atoms with Gasteiger partial charge in [-0.05, 0) is 35.3 Å². The first-order valence-electron chi connectivity index (χ1n) is 8.73. The summed E-state index contributed by atoms with van der Waals surface area (Å²) in [4.78, 5) is 11.3. The minimum Gasteiger partial charge on any atom is -0.489 e. The van der Waals surface area contributed by atoms with E-state index >= 15 is 0 Å². The molecule has 1 unspecified atom stereocenters. The molecule has 1 atom stereocenters. The Hall–Kier alpha value is -3.02. The molecule has 0 saturated heterocycles. The summed E-state index contributed by atoms with van der Waals surface area (Å²) in [6.45, 7) is 0.0895. The number of carboxylic acids is 1. The summed E-state index contributed by atoms with van der Waals surface area (Å²) in [5.74, 6) is -1.49. The predicted molar refractivity (Wildman–Crippen MR) is 99.1 cm³/mol. The molecule has 2 aromatic carbocycles. The zero-order chi connectivity index (χ0) is 20.2. The third kappa shape index (κ3) is 4.44. The minimum absolute atomic E-state index is 0.0209. The van der Waals surface area contributed by atoms with Crippen LogP contribution in [0.25, 0.3) is 5.57 Å². The quantitative estimate of drug-likeness (QED) is 0.701. The molecule has 1 aliphatic carbocycles. The highest BCUT2D eigenvalue weighted by Crippen LogP contribution is 2.51. The SMILES string of the molecule is O=C(O)CC1(C(F)(F)F)C=C(OCc2ccccc2)C=C(c2ccccc2)C1. The first kappa shape index (κ1) is 19.7.